The van der Waals surface area contributed by atoms with Crippen LogP contribution in [-0.2, 0) is 11.3 Å². The minimum Gasteiger partial charge on any atom is -0.478 e. The molecule has 1 amide bonds. The van der Waals surface area contributed by atoms with Crippen molar-refractivity contribution in [1.82, 2.24) is 9.78 Å². The SMILES string of the molecule is Cc1ccc(C(=O)O)cc1NC(=O)Cn1cccn1. The second-order valence-electron chi connectivity index (χ2n) is 4.09. The first-order chi connectivity index (χ1) is 9.06. The first-order valence-electron chi connectivity index (χ1n) is 5.67. The first kappa shape index (κ1) is 12.8. The molecule has 0 unspecified atom stereocenters. The summed E-state index contributed by atoms with van der Waals surface area (Å²) in [6.07, 6.45) is 3.27. The Morgan fingerprint density at radius 1 is 1.42 bits per heavy atom. The van der Waals surface area contributed by atoms with Gasteiger partial charge in [-0.1, -0.05) is 6.07 Å². The number of carbonyl (C=O) groups excluding carboxylic acids is 1. The van der Waals surface area contributed by atoms with Gasteiger partial charge in [0.15, 0.2) is 0 Å². The second kappa shape index (κ2) is 5.34. The highest BCUT2D eigenvalue weighted by atomic mass is 16.4. The molecular formula is C13H13N3O3. The van der Waals surface area contributed by atoms with Crippen LogP contribution in [0, 0.1) is 6.92 Å². The Morgan fingerprint density at radius 3 is 2.84 bits per heavy atom. The molecule has 0 bridgehead atoms. The van der Waals surface area contributed by atoms with E-state index in [2.05, 4.69) is 10.4 Å². The minimum atomic E-state index is -1.03. The molecule has 6 heteroatoms. The van der Waals surface area contributed by atoms with Crippen LogP contribution < -0.4 is 5.32 Å². The summed E-state index contributed by atoms with van der Waals surface area (Å²) in [4.78, 5) is 22.7. The summed E-state index contributed by atoms with van der Waals surface area (Å²) >= 11 is 0. The van der Waals surface area contributed by atoms with Crippen molar-refractivity contribution in [3.8, 4) is 0 Å². The molecule has 0 saturated heterocycles. The van der Waals surface area contributed by atoms with Gasteiger partial charge >= 0.3 is 5.97 Å². The van der Waals surface area contributed by atoms with Crippen molar-refractivity contribution in [2.45, 2.75) is 13.5 Å². The van der Waals surface area contributed by atoms with Crippen LogP contribution in [0.4, 0.5) is 5.69 Å². The summed E-state index contributed by atoms with van der Waals surface area (Å²) in [6, 6.07) is 6.33. The fourth-order valence-corrected chi connectivity index (χ4v) is 1.62. The van der Waals surface area contributed by atoms with Gasteiger partial charge in [0.25, 0.3) is 0 Å². The lowest BCUT2D eigenvalue weighted by Crippen LogP contribution is -2.19. The van der Waals surface area contributed by atoms with E-state index < -0.39 is 5.97 Å². The van der Waals surface area contributed by atoms with Crippen molar-refractivity contribution in [3.05, 3.63) is 47.8 Å². The Bertz CT molecular complexity index is 606. The van der Waals surface area contributed by atoms with Gasteiger partial charge in [-0.2, -0.15) is 5.10 Å². The fraction of sp³-hybridized carbons (Fsp3) is 0.154. The average molecular weight is 259 g/mol. The highest BCUT2D eigenvalue weighted by molar-refractivity contribution is 5.94. The normalized spacial score (nSPS) is 10.2. The fourth-order valence-electron chi connectivity index (χ4n) is 1.62. The molecule has 1 aromatic carbocycles. The first-order valence-corrected chi connectivity index (χ1v) is 5.67. The van der Waals surface area contributed by atoms with E-state index in [9.17, 15) is 9.59 Å². The van der Waals surface area contributed by atoms with E-state index in [4.69, 9.17) is 5.11 Å². The maximum absolute atomic E-state index is 11.8. The number of amides is 1. The second-order valence-corrected chi connectivity index (χ2v) is 4.09. The number of nitrogens with one attached hydrogen (secondary N) is 1. The lowest BCUT2D eigenvalue weighted by molar-refractivity contribution is -0.116. The molecule has 1 aromatic heterocycles. The van der Waals surface area contributed by atoms with Gasteiger partial charge in [0.1, 0.15) is 6.54 Å². The van der Waals surface area contributed by atoms with Crippen molar-refractivity contribution in [2.75, 3.05) is 5.32 Å². The van der Waals surface area contributed by atoms with Gasteiger partial charge in [0, 0.05) is 18.1 Å². The number of aryl methyl sites for hydroxylation is 1. The van der Waals surface area contributed by atoms with Crippen LogP contribution in [0.5, 0.6) is 0 Å². The number of anilines is 1. The van der Waals surface area contributed by atoms with E-state index in [0.29, 0.717) is 5.69 Å². The summed E-state index contributed by atoms with van der Waals surface area (Å²) in [5.41, 5.74) is 1.44. The van der Waals surface area contributed by atoms with Crippen LogP contribution >= 0.6 is 0 Å². The quantitative estimate of drug-likeness (QED) is 0.872. The molecule has 0 aliphatic carbocycles. The molecule has 2 N–H and O–H groups in total. The Hall–Kier alpha value is -2.63. The number of carboxylic acid groups (broad SMARTS) is 1. The Kier molecular flexibility index (Phi) is 3.61. The largest absolute Gasteiger partial charge is 0.478 e. The molecule has 0 aliphatic heterocycles. The van der Waals surface area contributed by atoms with E-state index in [1.165, 1.54) is 16.8 Å². The van der Waals surface area contributed by atoms with E-state index in [1.54, 1.807) is 31.5 Å². The van der Waals surface area contributed by atoms with E-state index in [1.807, 2.05) is 0 Å². The van der Waals surface area contributed by atoms with E-state index in [0.717, 1.165) is 5.56 Å². The van der Waals surface area contributed by atoms with Crippen molar-refractivity contribution in [1.29, 1.82) is 0 Å². The molecule has 0 spiro atoms. The summed E-state index contributed by atoms with van der Waals surface area (Å²) in [5, 5.41) is 15.5. The van der Waals surface area contributed by atoms with Gasteiger partial charge in [-0.05, 0) is 30.7 Å². The monoisotopic (exact) mass is 259 g/mol. The molecule has 0 aliphatic rings. The number of carbonyl (C=O) groups is 2. The maximum Gasteiger partial charge on any atom is 0.335 e. The van der Waals surface area contributed by atoms with E-state index in [-0.39, 0.29) is 18.0 Å². The number of carboxylic acids is 1. The molecule has 98 valence electrons. The van der Waals surface area contributed by atoms with Gasteiger partial charge in [-0.15, -0.1) is 0 Å². The molecule has 0 radical (unpaired) electrons. The standard InChI is InChI=1S/C13H13N3O3/c1-9-3-4-10(13(18)19)7-11(9)15-12(17)8-16-6-2-5-14-16/h2-7H,8H2,1H3,(H,15,17)(H,18,19). The summed E-state index contributed by atoms with van der Waals surface area (Å²) in [6.45, 7) is 1.89. The molecule has 0 saturated carbocycles. The molecule has 1 heterocycles. The Morgan fingerprint density at radius 2 is 2.21 bits per heavy atom. The number of aromatic nitrogens is 2. The highest BCUT2D eigenvalue weighted by Gasteiger charge is 2.09. The van der Waals surface area contributed by atoms with Crippen molar-refractivity contribution >= 4 is 17.6 Å². The smallest absolute Gasteiger partial charge is 0.335 e. The van der Waals surface area contributed by atoms with Crippen LogP contribution in [0.25, 0.3) is 0 Å². The number of rotatable bonds is 4. The van der Waals surface area contributed by atoms with Gasteiger partial charge < -0.3 is 10.4 Å². The zero-order chi connectivity index (χ0) is 13.8. The predicted molar refractivity (Wildman–Crippen MR) is 69.0 cm³/mol. The summed E-state index contributed by atoms with van der Waals surface area (Å²) < 4.78 is 1.49. The lowest BCUT2D eigenvalue weighted by atomic mass is 10.1. The minimum absolute atomic E-state index is 0.0870. The molecule has 0 atom stereocenters. The zero-order valence-electron chi connectivity index (χ0n) is 10.3. The van der Waals surface area contributed by atoms with Gasteiger partial charge in [0.2, 0.25) is 5.91 Å². The highest BCUT2D eigenvalue weighted by Crippen LogP contribution is 2.17. The summed E-state index contributed by atoms with van der Waals surface area (Å²) in [7, 11) is 0. The Labute approximate surface area is 109 Å². The summed E-state index contributed by atoms with van der Waals surface area (Å²) in [5.74, 6) is -1.28. The average Bonchev–Trinajstić information content (AvgIpc) is 2.84. The van der Waals surface area contributed by atoms with Crippen LogP contribution in [0.15, 0.2) is 36.7 Å². The van der Waals surface area contributed by atoms with Crippen molar-refractivity contribution in [2.24, 2.45) is 0 Å². The maximum atomic E-state index is 11.8. The van der Waals surface area contributed by atoms with Gasteiger partial charge in [0.05, 0.1) is 5.56 Å². The third-order valence-electron chi connectivity index (χ3n) is 2.62. The van der Waals surface area contributed by atoms with Crippen molar-refractivity contribution in [3.63, 3.8) is 0 Å². The van der Waals surface area contributed by atoms with Crippen LogP contribution in [-0.4, -0.2) is 26.8 Å². The van der Waals surface area contributed by atoms with E-state index >= 15 is 0 Å². The van der Waals surface area contributed by atoms with Crippen LogP contribution in [0.2, 0.25) is 0 Å². The number of hydrogen-bond acceptors (Lipinski definition) is 3. The number of aromatic carboxylic acids is 1. The topological polar surface area (TPSA) is 84.2 Å². The van der Waals surface area contributed by atoms with Crippen molar-refractivity contribution < 1.29 is 14.7 Å². The number of nitrogens with zero attached hydrogens (tertiary/aromatic N) is 2. The lowest BCUT2D eigenvalue weighted by Gasteiger charge is -2.09. The molecule has 19 heavy (non-hydrogen) atoms. The van der Waals surface area contributed by atoms with Crippen LogP contribution in [0.3, 0.4) is 0 Å². The third kappa shape index (κ3) is 3.19. The predicted octanol–water partition coefficient (Wildman–Crippen LogP) is 1.53. The number of hydrogen-bond donors (Lipinski definition) is 2. The molecule has 2 aromatic rings. The zero-order valence-corrected chi connectivity index (χ0v) is 10.3. The molecule has 2 rings (SSSR count). The van der Waals surface area contributed by atoms with Gasteiger partial charge in [-0.25, -0.2) is 4.79 Å². The molecule has 0 fully saturated rings. The van der Waals surface area contributed by atoms with Gasteiger partial charge in [-0.3, -0.25) is 9.48 Å². The van der Waals surface area contributed by atoms with Crippen LogP contribution in [0.1, 0.15) is 15.9 Å². The number of benzene rings is 1. The molecular weight excluding hydrogens is 246 g/mol. The Balaban J connectivity index is 2.11. The molecule has 6 nitrogen and oxygen atoms in total. The third-order valence-corrected chi connectivity index (χ3v) is 2.62.